The van der Waals surface area contributed by atoms with E-state index in [1.54, 1.807) is 23.1 Å². The van der Waals surface area contributed by atoms with Crippen LogP contribution in [0.5, 0.6) is 0 Å². The summed E-state index contributed by atoms with van der Waals surface area (Å²) in [4.78, 5) is 26.7. The van der Waals surface area contributed by atoms with E-state index in [2.05, 4.69) is 5.32 Å². The zero-order chi connectivity index (χ0) is 15.4. The van der Waals surface area contributed by atoms with Gasteiger partial charge in [-0.2, -0.15) is 0 Å². The Morgan fingerprint density at radius 1 is 1.43 bits per heavy atom. The van der Waals surface area contributed by atoms with Gasteiger partial charge in [0.15, 0.2) is 0 Å². The smallest absolute Gasteiger partial charge is 0.247 e. The molecule has 1 N–H and O–H groups in total. The number of rotatable bonds is 4. The summed E-state index contributed by atoms with van der Waals surface area (Å²) in [5, 5.41) is 3.40. The standard InChI is InChI=1S/C16H21ClN2O2/c1-3-11(4-2)16(21)19-9-8-18-15(20)14(19)12-6-5-7-13(17)10-12/h5-7,10-11,14H,3-4,8-9H2,1-2H3,(H,18,20). The fourth-order valence-corrected chi connectivity index (χ4v) is 2.98. The summed E-state index contributed by atoms with van der Waals surface area (Å²) in [5.41, 5.74) is 0.763. The molecule has 0 bridgehead atoms. The Morgan fingerprint density at radius 2 is 2.14 bits per heavy atom. The van der Waals surface area contributed by atoms with E-state index < -0.39 is 6.04 Å². The molecular formula is C16H21ClN2O2. The molecule has 1 atom stereocenters. The quantitative estimate of drug-likeness (QED) is 0.930. The van der Waals surface area contributed by atoms with Crippen molar-refractivity contribution in [3.05, 3.63) is 34.9 Å². The molecule has 114 valence electrons. The summed E-state index contributed by atoms with van der Waals surface area (Å²) >= 11 is 6.02. The number of nitrogens with zero attached hydrogens (tertiary/aromatic N) is 1. The Labute approximate surface area is 130 Å². The van der Waals surface area contributed by atoms with Crippen molar-refractivity contribution in [1.29, 1.82) is 0 Å². The van der Waals surface area contributed by atoms with E-state index in [0.29, 0.717) is 18.1 Å². The van der Waals surface area contributed by atoms with Crippen LogP contribution in [-0.4, -0.2) is 29.8 Å². The second-order valence-electron chi connectivity index (χ2n) is 5.29. The van der Waals surface area contributed by atoms with Crippen LogP contribution in [0, 0.1) is 5.92 Å². The van der Waals surface area contributed by atoms with E-state index in [1.165, 1.54) is 0 Å². The summed E-state index contributed by atoms with van der Waals surface area (Å²) in [6.07, 6.45) is 1.57. The van der Waals surface area contributed by atoms with Crippen LogP contribution in [0.4, 0.5) is 0 Å². The zero-order valence-electron chi connectivity index (χ0n) is 12.4. The first-order valence-corrected chi connectivity index (χ1v) is 7.79. The van der Waals surface area contributed by atoms with Crippen molar-refractivity contribution in [3.63, 3.8) is 0 Å². The largest absolute Gasteiger partial charge is 0.352 e. The van der Waals surface area contributed by atoms with Crippen LogP contribution in [0.15, 0.2) is 24.3 Å². The maximum absolute atomic E-state index is 12.7. The minimum atomic E-state index is -0.578. The van der Waals surface area contributed by atoms with Crippen LogP contribution in [0.3, 0.4) is 0 Å². The molecule has 1 unspecified atom stereocenters. The van der Waals surface area contributed by atoms with Crippen LogP contribution < -0.4 is 5.32 Å². The van der Waals surface area contributed by atoms with Gasteiger partial charge in [-0.05, 0) is 30.5 Å². The maximum atomic E-state index is 12.7. The van der Waals surface area contributed by atoms with Gasteiger partial charge in [-0.1, -0.05) is 37.6 Å². The third-order valence-corrected chi connectivity index (χ3v) is 4.23. The lowest BCUT2D eigenvalue weighted by Crippen LogP contribution is -2.53. The molecule has 0 aromatic heterocycles. The van der Waals surface area contributed by atoms with Crippen molar-refractivity contribution in [1.82, 2.24) is 10.2 Å². The number of hydrogen-bond acceptors (Lipinski definition) is 2. The first kappa shape index (κ1) is 15.8. The number of carbonyl (C=O) groups excluding carboxylic acids is 2. The van der Waals surface area contributed by atoms with Crippen molar-refractivity contribution in [2.24, 2.45) is 5.92 Å². The minimum Gasteiger partial charge on any atom is -0.352 e. The minimum absolute atomic E-state index is 0.0300. The number of benzene rings is 1. The van der Waals surface area contributed by atoms with Gasteiger partial charge in [-0.3, -0.25) is 9.59 Å². The van der Waals surface area contributed by atoms with Crippen molar-refractivity contribution >= 4 is 23.4 Å². The number of carbonyl (C=O) groups is 2. The van der Waals surface area contributed by atoms with Crippen molar-refractivity contribution < 1.29 is 9.59 Å². The molecule has 1 aliphatic rings. The predicted octanol–water partition coefficient (Wildman–Crippen LogP) is 2.78. The highest BCUT2D eigenvalue weighted by Gasteiger charge is 2.36. The second-order valence-corrected chi connectivity index (χ2v) is 5.73. The number of halogens is 1. The summed E-state index contributed by atoms with van der Waals surface area (Å²) in [6, 6.07) is 6.59. The highest BCUT2D eigenvalue weighted by Crippen LogP contribution is 2.28. The van der Waals surface area contributed by atoms with E-state index in [9.17, 15) is 9.59 Å². The topological polar surface area (TPSA) is 49.4 Å². The molecule has 1 aromatic carbocycles. The SMILES string of the molecule is CCC(CC)C(=O)N1CCNC(=O)C1c1cccc(Cl)c1. The first-order valence-electron chi connectivity index (χ1n) is 7.42. The lowest BCUT2D eigenvalue weighted by molar-refractivity contribution is -0.146. The Kier molecular flexibility index (Phi) is 5.23. The van der Waals surface area contributed by atoms with Gasteiger partial charge < -0.3 is 10.2 Å². The third kappa shape index (κ3) is 3.38. The zero-order valence-corrected chi connectivity index (χ0v) is 13.2. The van der Waals surface area contributed by atoms with Crippen molar-refractivity contribution in [2.45, 2.75) is 32.7 Å². The van der Waals surface area contributed by atoms with E-state index in [0.717, 1.165) is 18.4 Å². The fourth-order valence-electron chi connectivity index (χ4n) is 2.78. The molecule has 1 heterocycles. The summed E-state index contributed by atoms with van der Waals surface area (Å²) in [7, 11) is 0. The Morgan fingerprint density at radius 3 is 2.76 bits per heavy atom. The normalized spacial score (nSPS) is 18.8. The molecule has 1 aliphatic heterocycles. The van der Waals surface area contributed by atoms with Gasteiger partial charge in [0.2, 0.25) is 11.8 Å². The number of amides is 2. The van der Waals surface area contributed by atoms with Crippen LogP contribution in [0.2, 0.25) is 5.02 Å². The predicted molar refractivity (Wildman–Crippen MR) is 83.0 cm³/mol. The number of piperazine rings is 1. The molecule has 0 spiro atoms. The molecule has 2 amide bonds. The average Bonchev–Trinajstić information content (AvgIpc) is 2.48. The van der Waals surface area contributed by atoms with Crippen LogP contribution >= 0.6 is 11.6 Å². The molecule has 1 saturated heterocycles. The lowest BCUT2D eigenvalue weighted by Gasteiger charge is -2.37. The molecule has 0 saturated carbocycles. The lowest BCUT2D eigenvalue weighted by atomic mass is 9.97. The van der Waals surface area contributed by atoms with E-state index in [-0.39, 0.29) is 17.7 Å². The molecule has 1 aromatic rings. The van der Waals surface area contributed by atoms with E-state index >= 15 is 0 Å². The van der Waals surface area contributed by atoms with Crippen molar-refractivity contribution in [3.8, 4) is 0 Å². The van der Waals surface area contributed by atoms with Gasteiger partial charge in [-0.25, -0.2) is 0 Å². The van der Waals surface area contributed by atoms with E-state index in [4.69, 9.17) is 11.6 Å². The average molecular weight is 309 g/mol. The van der Waals surface area contributed by atoms with Crippen LogP contribution in [0.25, 0.3) is 0 Å². The highest BCUT2D eigenvalue weighted by atomic mass is 35.5. The second kappa shape index (κ2) is 6.94. The fraction of sp³-hybridized carbons (Fsp3) is 0.500. The van der Waals surface area contributed by atoms with Gasteiger partial charge in [-0.15, -0.1) is 0 Å². The van der Waals surface area contributed by atoms with Crippen molar-refractivity contribution in [2.75, 3.05) is 13.1 Å². The van der Waals surface area contributed by atoms with Crippen LogP contribution in [0.1, 0.15) is 38.3 Å². The molecule has 2 rings (SSSR count). The van der Waals surface area contributed by atoms with Gasteiger partial charge in [0.25, 0.3) is 0 Å². The monoisotopic (exact) mass is 308 g/mol. The third-order valence-electron chi connectivity index (χ3n) is 3.99. The highest BCUT2D eigenvalue weighted by molar-refractivity contribution is 6.30. The number of nitrogens with one attached hydrogen (secondary N) is 1. The molecule has 0 radical (unpaired) electrons. The van der Waals surface area contributed by atoms with Gasteiger partial charge >= 0.3 is 0 Å². The Balaban J connectivity index is 2.33. The van der Waals surface area contributed by atoms with Gasteiger partial charge in [0.05, 0.1) is 0 Å². The molecule has 4 nitrogen and oxygen atoms in total. The Bertz CT molecular complexity index is 529. The summed E-state index contributed by atoms with van der Waals surface area (Å²) < 4.78 is 0. The van der Waals surface area contributed by atoms with Gasteiger partial charge in [0, 0.05) is 24.0 Å². The number of hydrogen-bond donors (Lipinski definition) is 1. The molecule has 21 heavy (non-hydrogen) atoms. The van der Waals surface area contributed by atoms with Crippen LogP contribution in [-0.2, 0) is 9.59 Å². The molecule has 1 fully saturated rings. The summed E-state index contributed by atoms with van der Waals surface area (Å²) in [5.74, 6) is -0.111. The first-order chi connectivity index (χ1) is 10.1. The molecule has 5 heteroatoms. The van der Waals surface area contributed by atoms with E-state index in [1.807, 2.05) is 19.9 Å². The Hall–Kier alpha value is -1.55. The van der Waals surface area contributed by atoms with Gasteiger partial charge in [0.1, 0.15) is 6.04 Å². The molecule has 0 aliphatic carbocycles. The summed E-state index contributed by atoms with van der Waals surface area (Å²) in [6.45, 7) is 5.05. The maximum Gasteiger partial charge on any atom is 0.247 e. The molecular weight excluding hydrogens is 288 g/mol.